The minimum atomic E-state index is -0.372. The highest BCUT2D eigenvalue weighted by Crippen LogP contribution is 2.21. The molecule has 27 heavy (non-hydrogen) atoms. The van der Waals surface area contributed by atoms with E-state index < -0.39 is 0 Å². The second-order valence-electron chi connectivity index (χ2n) is 6.51. The van der Waals surface area contributed by atoms with Gasteiger partial charge in [-0.25, -0.2) is 0 Å². The summed E-state index contributed by atoms with van der Waals surface area (Å²) in [6.07, 6.45) is 2.25. The van der Waals surface area contributed by atoms with E-state index in [0.29, 0.717) is 22.3 Å². The van der Waals surface area contributed by atoms with Gasteiger partial charge in [-0.1, -0.05) is 31.3 Å². The number of nitrogens with zero attached hydrogens (tertiary/aromatic N) is 2. The Morgan fingerprint density at radius 3 is 2.67 bits per heavy atom. The molecule has 0 radical (unpaired) electrons. The lowest BCUT2D eigenvalue weighted by molar-refractivity contribution is 0.0993. The zero-order chi connectivity index (χ0) is 19.4. The number of anilines is 2. The summed E-state index contributed by atoms with van der Waals surface area (Å²) in [4.78, 5) is 24.7. The first kappa shape index (κ1) is 18.8. The number of rotatable bonds is 6. The number of hydrogen-bond acceptors (Lipinski definition) is 6. The number of furan rings is 1. The van der Waals surface area contributed by atoms with E-state index in [9.17, 15) is 9.59 Å². The average Bonchev–Trinajstić information content (AvgIpc) is 3.28. The molecule has 3 aromatic rings. The van der Waals surface area contributed by atoms with Crippen LogP contribution in [-0.2, 0) is 6.42 Å². The number of hydrogen-bond donors (Lipinski definition) is 2. The monoisotopic (exact) mass is 384 g/mol. The number of aromatic nitrogens is 2. The van der Waals surface area contributed by atoms with Crippen molar-refractivity contribution in [3.05, 3.63) is 58.5 Å². The molecule has 140 valence electrons. The minimum Gasteiger partial charge on any atom is -0.459 e. The predicted molar refractivity (Wildman–Crippen MR) is 104 cm³/mol. The van der Waals surface area contributed by atoms with Gasteiger partial charge >= 0.3 is 0 Å². The van der Waals surface area contributed by atoms with Gasteiger partial charge in [0.25, 0.3) is 11.8 Å². The van der Waals surface area contributed by atoms with Crippen molar-refractivity contribution < 1.29 is 14.0 Å². The van der Waals surface area contributed by atoms with Crippen molar-refractivity contribution >= 4 is 34.0 Å². The molecule has 2 amide bonds. The Hall–Kier alpha value is -3.00. The van der Waals surface area contributed by atoms with Crippen LogP contribution in [0.25, 0.3) is 0 Å². The first-order valence-corrected chi connectivity index (χ1v) is 9.33. The zero-order valence-corrected chi connectivity index (χ0v) is 16.1. The van der Waals surface area contributed by atoms with Gasteiger partial charge in [0.1, 0.15) is 5.01 Å². The van der Waals surface area contributed by atoms with Crippen LogP contribution in [0.1, 0.15) is 45.3 Å². The molecule has 3 rings (SSSR count). The first-order chi connectivity index (χ1) is 12.9. The van der Waals surface area contributed by atoms with Crippen molar-refractivity contribution in [2.75, 3.05) is 10.6 Å². The molecule has 0 unspecified atom stereocenters. The normalized spacial score (nSPS) is 10.8. The van der Waals surface area contributed by atoms with Gasteiger partial charge in [-0.15, -0.1) is 10.2 Å². The maximum atomic E-state index is 12.5. The number of carbonyl (C=O) groups excluding carboxylic acids is 2. The molecule has 1 aromatic carbocycles. The minimum absolute atomic E-state index is 0.204. The highest BCUT2D eigenvalue weighted by molar-refractivity contribution is 7.15. The van der Waals surface area contributed by atoms with Gasteiger partial charge in [-0.2, -0.15) is 0 Å². The first-order valence-electron chi connectivity index (χ1n) is 8.51. The average molecular weight is 384 g/mol. The summed E-state index contributed by atoms with van der Waals surface area (Å²) in [5.41, 5.74) is 1.79. The van der Waals surface area contributed by atoms with Gasteiger partial charge in [0.2, 0.25) is 5.13 Å². The molecule has 0 saturated heterocycles. The number of aryl methyl sites for hydroxylation is 1. The third-order valence-corrected chi connectivity index (χ3v) is 4.62. The quantitative estimate of drug-likeness (QED) is 0.666. The van der Waals surface area contributed by atoms with Crippen molar-refractivity contribution in [3.8, 4) is 0 Å². The molecular weight excluding hydrogens is 364 g/mol. The lowest BCUT2D eigenvalue weighted by Crippen LogP contribution is -2.15. The van der Waals surface area contributed by atoms with Crippen molar-refractivity contribution in [1.82, 2.24) is 10.2 Å². The number of carbonyl (C=O) groups is 2. The van der Waals surface area contributed by atoms with Crippen LogP contribution < -0.4 is 10.6 Å². The van der Waals surface area contributed by atoms with Gasteiger partial charge in [0.15, 0.2) is 5.76 Å². The van der Waals surface area contributed by atoms with Crippen LogP contribution in [0.15, 0.2) is 41.0 Å². The largest absolute Gasteiger partial charge is 0.459 e. The summed E-state index contributed by atoms with van der Waals surface area (Å²) in [7, 11) is 0. The molecular formula is C19H20N4O3S. The fourth-order valence-corrected chi connectivity index (χ4v) is 3.34. The molecule has 2 heterocycles. The van der Waals surface area contributed by atoms with Crippen LogP contribution in [-0.4, -0.2) is 22.0 Å². The topological polar surface area (TPSA) is 97.1 Å². The van der Waals surface area contributed by atoms with E-state index in [1.807, 2.05) is 6.92 Å². The predicted octanol–water partition coefficient (Wildman–Crippen LogP) is 4.14. The van der Waals surface area contributed by atoms with Crippen molar-refractivity contribution in [3.63, 3.8) is 0 Å². The van der Waals surface area contributed by atoms with Crippen molar-refractivity contribution in [2.45, 2.75) is 27.2 Å². The van der Waals surface area contributed by atoms with Crippen LogP contribution in [0.2, 0.25) is 0 Å². The molecule has 0 saturated carbocycles. The van der Waals surface area contributed by atoms with Crippen LogP contribution >= 0.6 is 11.3 Å². The molecule has 2 N–H and O–H groups in total. The fourth-order valence-electron chi connectivity index (χ4n) is 2.39. The van der Waals surface area contributed by atoms with Gasteiger partial charge in [0, 0.05) is 17.7 Å². The Morgan fingerprint density at radius 2 is 1.96 bits per heavy atom. The van der Waals surface area contributed by atoms with Crippen molar-refractivity contribution in [1.29, 1.82) is 0 Å². The highest BCUT2D eigenvalue weighted by Gasteiger charge is 2.15. The molecule has 2 aromatic heterocycles. The van der Waals surface area contributed by atoms with Crippen LogP contribution in [0.5, 0.6) is 0 Å². The summed E-state index contributed by atoms with van der Waals surface area (Å²) in [5, 5.41) is 15.0. The van der Waals surface area contributed by atoms with Crippen LogP contribution in [0.4, 0.5) is 10.8 Å². The Balaban J connectivity index is 1.71. The third kappa shape index (κ3) is 4.79. The van der Waals surface area contributed by atoms with E-state index in [4.69, 9.17) is 4.42 Å². The van der Waals surface area contributed by atoms with Crippen molar-refractivity contribution in [2.24, 2.45) is 5.92 Å². The number of nitrogens with one attached hydrogen (secondary N) is 2. The molecule has 0 aliphatic rings. The Labute approximate surface area is 160 Å². The van der Waals surface area contributed by atoms with E-state index in [1.165, 1.54) is 17.6 Å². The molecule has 0 aliphatic heterocycles. The molecule has 0 spiro atoms. The van der Waals surface area contributed by atoms with E-state index in [0.717, 1.165) is 17.0 Å². The molecule has 0 aliphatic carbocycles. The Bertz CT molecular complexity index is 948. The molecule has 7 nitrogen and oxygen atoms in total. The maximum absolute atomic E-state index is 12.5. The third-order valence-electron chi connectivity index (χ3n) is 3.76. The summed E-state index contributed by atoms with van der Waals surface area (Å²) in [6.45, 7) is 6.05. The zero-order valence-electron chi connectivity index (χ0n) is 15.3. The molecule has 8 heteroatoms. The Kier molecular flexibility index (Phi) is 5.66. The Morgan fingerprint density at radius 1 is 1.15 bits per heavy atom. The smallest absolute Gasteiger partial charge is 0.291 e. The number of benzene rings is 1. The fraction of sp³-hybridized carbons (Fsp3) is 0.263. The molecule has 0 fully saturated rings. The second-order valence-corrected chi connectivity index (χ2v) is 7.58. The summed E-state index contributed by atoms with van der Waals surface area (Å²) < 4.78 is 5.09. The summed E-state index contributed by atoms with van der Waals surface area (Å²) in [5.74, 6) is -0.00594. The van der Waals surface area contributed by atoms with Gasteiger partial charge in [0.05, 0.1) is 6.26 Å². The highest BCUT2D eigenvalue weighted by atomic mass is 32.1. The van der Waals surface area contributed by atoms with E-state index >= 15 is 0 Å². The van der Waals surface area contributed by atoms with E-state index in [1.54, 1.807) is 30.3 Å². The standard InChI is InChI=1S/C19H20N4O3S/c1-11(2)9-16-22-23-19(27-16)21-17(24)13-7-6-12(3)14(10-13)20-18(25)15-5-4-8-26-15/h4-8,10-11H,9H2,1-3H3,(H,20,25)(H,21,23,24). The summed E-state index contributed by atoms with van der Waals surface area (Å²) >= 11 is 1.36. The number of amides is 2. The van der Waals surface area contributed by atoms with Gasteiger partial charge in [-0.05, 0) is 42.7 Å². The lowest BCUT2D eigenvalue weighted by atomic mass is 10.1. The maximum Gasteiger partial charge on any atom is 0.291 e. The van der Waals surface area contributed by atoms with Gasteiger partial charge < -0.3 is 9.73 Å². The molecule has 0 bridgehead atoms. The van der Waals surface area contributed by atoms with Crippen LogP contribution in [0, 0.1) is 12.8 Å². The SMILES string of the molecule is Cc1ccc(C(=O)Nc2nnc(CC(C)C)s2)cc1NC(=O)c1ccco1. The van der Waals surface area contributed by atoms with Crippen LogP contribution in [0.3, 0.4) is 0 Å². The summed E-state index contributed by atoms with van der Waals surface area (Å²) in [6, 6.07) is 8.31. The molecule has 0 atom stereocenters. The van der Waals surface area contributed by atoms with E-state index in [2.05, 4.69) is 34.7 Å². The lowest BCUT2D eigenvalue weighted by Gasteiger charge is -2.09. The van der Waals surface area contributed by atoms with Gasteiger partial charge in [-0.3, -0.25) is 14.9 Å². The second kappa shape index (κ2) is 8.13. The van der Waals surface area contributed by atoms with E-state index in [-0.39, 0.29) is 17.6 Å².